The molecule has 2 amide bonds. The second-order valence-corrected chi connectivity index (χ2v) is 11.8. The number of benzene rings is 3. The summed E-state index contributed by atoms with van der Waals surface area (Å²) in [6.07, 6.45) is 2.98. The summed E-state index contributed by atoms with van der Waals surface area (Å²) in [7, 11) is -4.07. The van der Waals surface area contributed by atoms with Crippen molar-refractivity contribution < 1.29 is 18.0 Å². The lowest BCUT2D eigenvalue weighted by Gasteiger charge is -2.33. The van der Waals surface area contributed by atoms with Crippen LogP contribution in [0.2, 0.25) is 0 Å². The van der Waals surface area contributed by atoms with Crippen LogP contribution >= 0.6 is 0 Å². The number of anilines is 1. The molecule has 1 atom stereocenters. The minimum absolute atomic E-state index is 0.0944. The van der Waals surface area contributed by atoms with E-state index >= 15 is 0 Å². The lowest BCUT2D eigenvalue weighted by molar-refractivity contribution is -0.140. The van der Waals surface area contributed by atoms with Crippen LogP contribution in [0.3, 0.4) is 0 Å². The molecule has 0 fully saturated rings. The molecule has 40 heavy (non-hydrogen) atoms. The average molecular weight is 564 g/mol. The summed E-state index contributed by atoms with van der Waals surface area (Å²) in [5.74, 6) is -0.681. The molecule has 0 heterocycles. The van der Waals surface area contributed by atoms with Gasteiger partial charge in [0.05, 0.1) is 10.6 Å². The van der Waals surface area contributed by atoms with Gasteiger partial charge in [0.2, 0.25) is 11.8 Å². The Labute approximate surface area is 239 Å². The zero-order valence-electron chi connectivity index (χ0n) is 24.0. The molecule has 3 rings (SSSR count). The molecule has 3 aromatic rings. The van der Waals surface area contributed by atoms with Crippen LogP contribution < -0.4 is 9.62 Å². The van der Waals surface area contributed by atoms with Crippen molar-refractivity contribution in [3.63, 3.8) is 0 Å². The highest BCUT2D eigenvalue weighted by molar-refractivity contribution is 7.92. The predicted molar refractivity (Wildman–Crippen MR) is 161 cm³/mol. The highest BCUT2D eigenvalue weighted by atomic mass is 32.2. The number of hydrogen-bond acceptors (Lipinski definition) is 4. The van der Waals surface area contributed by atoms with E-state index in [1.165, 1.54) is 17.0 Å². The van der Waals surface area contributed by atoms with E-state index in [1.807, 2.05) is 64.1 Å². The van der Waals surface area contributed by atoms with Crippen LogP contribution in [0.25, 0.3) is 0 Å². The molecule has 0 bridgehead atoms. The Morgan fingerprint density at radius 2 is 1.57 bits per heavy atom. The van der Waals surface area contributed by atoms with Crippen molar-refractivity contribution in [2.24, 2.45) is 0 Å². The van der Waals surface area contributed by atoms with E-state index in [0.29, 0.717) is 18.7 Å². The third-order valence-electron chi connectivity index (χ3n) is 6.89. The number of unbranched alkanes of at least 4 members (excludes halogenated alkanes) is 1. The van der Waals surface area contributed by atoms with Gasteiger partial charge in [-0.05, 0) is 61.6 Å². The fourth-order valence-electron chi connectivity index (χ4n) is 4.58. The van der Waals surface area contributed by atoms with Crippen molar-refractivity contribution in [3.8, 4) is 0 Å². The second kappa shape index (κ2) is 14.7. The zero-order valence-corrected chi connectivity index (χ0v) is 24.8. The fraction of sp³-hybridized carbons (Fsp3) is 0.375. The molecule has 1 N–H and O–H groups in total. The number of carbonyl (C=O) groups is 2. The lowest BCUT2D eigenvalue weighted by Crippen LogP contribution is -2.52. The predicted octanol–water partition coefficient (Wildman–Crippen LogP) is 5.48. The van der Waals surface area contributed by atoms with Crippen LogP contribution in [0.4, 0.5) is 5.69 Å². The zero-order chi connectivity index (χ0) is 29.1. The molecule has 8 heteroatoms. The molecular formula is C32H41N3O4S. The van der Waals surface area contributed by atoms with E-state index in [0.717, 1.165) is 40.3 Å². The van der Waals surface area contributed by atoms with E-state index in [-0.39, 0.29) is 17.3 Å². The topological polar surface area (TPSA) is 86.8 Å². The van der Waals surface area contributed by atoms with Crippen molar-refractivity contribution in [1.82, 2.24) is 10.2 Å². The van der Waals surface area contributed by atoms with Crippen molar-refractivity contribution in [2.45, 2.75) is 70.9 Å². The summed E-state index contributed by atoms with van der Waals surface area (Å²) >= 11 is 0. The van der Waals surface area contributed by atoms with Crippen molar-refractivity contribution in [2.75, 3.05) is 17.4 Å². The number of carbonyl (C=O) groups excluding carboxylic acids is 2. The van der Waals surface area contributed by atoms with Gasteiger partial charge in [0.25, 0.3) is 10.0 Å². The number of hydrogen-bond donors (Lipinski definition) is 1. The molecular weight excluding hydrogens is 522 g/mol. The summed E-state index contributed by atoms with van der Waals surface area (Å²) in [6, 6.07) is 22.3. The molecule has 0 aromatic heterocycles. The average Bonchev–Trinajstić information content (AvgIpc) is 2.96. The number of nitrogens with one attached hydrogen (secondary N) is 1. The first-order valence-electron chi connectivity index (χ1n) is 14.0. The fourth-order valence-corrected chi connectivity index (χ4v) is 6.01. The van der Waals surface area contributed by atoms with Crippen molar-refractivity contribution in [1.29, 1.82) is 0 Å². The Balaban J connectivity index is 2.02. The maximum absolute atomic E-state index is 14.1. The Morgan fingerprint density at radius 1 is 0.875 bits per heavy atom. The first-order valence-corrected chi connectivity index (χ1v) is 15.4. The van der Waals surface area contributed by atoms with E-state index in [2.05, 4.69) is 5.32 Å². The van der Waals surface area contributed by atoms with Crippen molar-refractivity contribution in [3.05, 3.63) is 95.6 Å². The molecule has 214 valence electrons. The minimum Gasteiger partial charge on any atom is -0.354 e. The van der Waals surface area contributed by atoms with Crippen LogP contribution in [0.1, 0.15) is 56.7 Å². The molecule has 7 nitrogen and oxygen atoms in total. The highest BCUT2D eigenvalue weighted by Gasteiger charge is 2.33. The summed E-state index contributed by atoms with van der Waals surface area (Å²) < 4.78 is 28.9. The molecule has 0 aliphatic heterocycles. The Bertz CT molecular complexity index is 1360. The van der Waals surface area contributed by atoms with Crippen LogP contribution in [-0.2, 0) is 32.6 Å². The van der Waals surface area contributed by atoms with Gasteiger partial charge in [0.1, 0.15) is 12.6 Å². The minimum atomic E-state index is -4.07. The van der Waals surface area contributed by atoms with Crippen LogP contribution in [0.15, 0.2) is 83.8 Å². The highest BCUT2D eigenvalue weighted by Crippen LogP contribution is 2.25. The second-order valence-electron chi connectivity index (χ2n) is 9.92. The molecule has 0 aliphatic carbocycles. The SMILES string of the molecule is CCCCNC(=O)[C@@H](CC)N(Cc1cccc(C)c1)C(=O)CN(c1ccc(CC)cc1)S(=O)(=O)c1ccccc1. The Kier molecular flexibility index (Phi) is 11.3. The van der Waals surface area contributed by atoms with E-state index < -0.39 is 28.5 Å². The third-order valence-corrected chi connectivity index (χ3v) is 8.68. The van der Waals surface area contributed by atoms with Crippen LogP contribution in [0, 0.1) is 6.92 Å². The molecule has 0 radical (unpaired) electrons. The molecule has 0 unspecified atom stereocenters. The molecule has 0 saturated carbocycles. The summed E-state index contributed by atoms with van der Waals surface area (Å²) in [4.78, 5) is 29.0. The van der Waals surface area contributed by atoms with Gasteiger partial charge in [0.15, 0.2) is 0 Å². The van der Waals surface area contributed by atoms with Crippen molar-refractivity contribution >= 4 is 27.5 Å². The van der Waals surface area contributed by atoms with E-state index in [9.17, 15) is 18.0 Å². The molecule has 0 spiro atoms. The van der Waals surface area contributed by atoms with Gasteiger partial charge in [-0.3, -0.25) is 13.9 Å². The standard InChI is InChI=1S/C32H41N3O4S/c1-5-8-21-33-32(37)30(7-3)34(23-27-14-12-13-25(4)22-27)31(36)24-35(28-19-17-26(6-2)18-20-28)40(38,39)29-15-10-9-11-16-29/h9-20,22,30H,5-8,21,23-24H2,1-4H3,(H,33,37)/t30-/m1/s1. The van der Waals surface area contributed by atoms with E-state index in [4.69, 9.17) is 0 Å². The molecule has 0 saturated heterocycles. The quantitative estimate of drug-likeness (QED) is 0.263. The number of nitrogens with zero attached hydrogens (tertiary/aromatic N) is 2. The van der Waals surface area contributed by atoms with Crippen LogP contribution in [0.5, 0.6) is 0 Å². The Morgan fingerprint density at radius 3 is 2.17 bits per heavy atom. The van der Waals surface area contributed by atoms with E-state index in [1.54, 1.807) is 30.3 Å². The van der Waals surface area contributed by atoms with Gasteiger partial charge in [0, 0.05) is 13.1 Å². The van der Waals surface area contributed by atoms with Gasteiger partial charge in [-0.25, -0.2) is 8.42 Å². The smallest absolute Gasteiger partial charge is 0.264 e. The maximum atomic E-state index is 14.1. The number of rotatable bonds is 14. The lowest BCUT2D eigenvalue weighted by atomic mass is 10.1. The number of aryl methyl sites for hydroxylation is 2. The normalized spacial score (nSPS) is 12.0. The van der Waals surface area contributed by atoms with Crippen LogP contribution in [-0.4, -0.2) is 44.3 Å². The number of amides is 2. The summed E-state index contributed by atoms with van der Waals surface area (Å²) in [6.45, 7) is 8.18. The largest absolute Gasteiger partial charge is 0.354 e. The number of sulfonamides is 1. The van der Waals surface area contributed by atoms with Gasteiger partial charge in [-0.2, -0.15) is 0 Å². The Hall–Kier alpha value is -3.65. The van der Waals surface area contributed by atoms with Gasteiger partial charge >= 0.3 is 0 Å². The summed E-state index contributed by atoms with van der Waals surface area (Å²) in [5.41, 5.74) is 3.36. The maximum Gasteiger partial charge on any atom is 0.264 e. The molecule has 3 aromatic carbocycles. The van der Waals surface area contributed by atoms with Gasteiger partial charge in [-0.1, -0.05) is 87.4 Å². The molecule has 0 aliphatic rings. The first kappa shape index (κ1) is 30.9. The first-order chi connectivity index (χ1) is 19.2. The van der Waals surface area contributed by atoms with Gasteiger partial charge < -0.3 is 10.2 Å². The summed E-state index contributed by atoms with van der Waals surface area (Å²) in [5, 5.41) is 2.96. The monoisotopic (exact) mass is 563 g/mol. The van der Waals surface area contributed by atoms with Gasteiger partial charge in [-0.15, -0.1) is 0 Å². The third kappa shape index (κ3) is 7.94.